The monoisotopic (exact) mass is 517 g/mol. The van der Waals surface area contributed by atoms with E-state index in [1.807, 2.05) is 13.0 Å². The Morgan fingerprint density at radius 2 is 2.00 bits per heavy atom. The highest BCUT2D eigenvalue weighted by Crippen LogP contribution is 2.64. The van der Waals surface area contributed by atoms with E-state index in [1.165, 1.54) is 0 Å². The van der Waals surface area contributed by atoms with Crippen molar-refractivity contribution in [2.75, 3.05) is 39.5 Å². The van der Waals surface area contributed by atoms with Crippen molar-refractivity contribution >= 4 is 5.97 Å². The molecule has 1 spiro atoms. The first-order chi connectivity index (χ1) is 17.9. The van der Waals surface area contributed by atoms with Gasteiger partial charge >= 0.3 is 5.97 Å². The number of carbonyl (C=O) groups is 1. The molecular formula is C28H39NO8. The third kappa shape index (κ3) is 4.05. The molecule has 1 aromatic rings. The number of carboxylic acids is 1. The van der Waals surface area contributed by atoms with Gasteiger partial charge in [-0.2, -0.15) is 0 Å². The second kappa shape index (κ2) is 9.38. The number of rotatable bonds is 11. The van der Waals surface area contributed by atoms with Crippen molar-refractivity contribution in [1.82, 2.24) is 0 Å². The van der Waals surface area contributed by atoms with Crippen LogP contribution in [-0.4, -0.2) is 78.8 Å². The molecule has 2 unspecified atom stereocenters. The van der Waals surface area contributed by atoms with Crippen molar-refractivity contribution in [3.05, 3.63) is 28.5 Å². The lowest BCUT2D eigenvalue weighted by Gasteiger charge is -2.61. The Morgan fingerprint density at radius 1 is 1.22 bits per heavy atom. The largest absolute Gasteiger partial charge is 0.633 e. The van der Waals surface area contributed by atoms with Gasteiger partial charge in [-0.3, -0.25) is 0 Å². The van der Waals surface area contributed by atoms with Crippen LogP contribution in [-0.2, 0) is 25.4 Å². The number of hydrogen-bond acceptors (Lipinski definition) is 7. The van der Waals surface area contributed by atoms with E-state index in [9.17, 15) is 15.1 Å². The van der Waals surface area contributed by atoms with Crippen LogP contribution in [0.2, 0.25) is 0 Å². The first kappa shape index (κ1) is 25.4. The first-order valence-corrected chi connectivity index (χ1v) is 14.0. The standard InChI is InChI=1S/C28H39NO8/c1-3-5-12-33-20-9-8-19-15-21(29(32,4-2)16-18-6-7-18)27(36-17-22(30)31)10-11-28(34-13-14-35-28)26-24(27)23(19)25(20)37-26/h8-9,18,21,24,26H,3-7,10-17H2,1-2H3,(H,30,31)/t21-,24?,26-,27-,29?/m1/s1. The third-order valence-corrected chi connectivity index (χ3v) is 9.27. The molecule has 0 bridgehead atoms. The molecule has 6 rings (SSSR count). The number of benzene rings is 1. The van der Waals surface area contributed by atoms with Gasteiger partial charge in [-0.15, -0.1) is 0 Å². The van der Waals surface area contributed by atoms with E-state index in [4.69, 9.17) is 23.7 Å². The van der Waals surface area contributed by atoms with Crippen LogP contribution >= 0.6 is 0 Å². The van der Waals surface area contributed by atoms with E-state index in [0.29, 0.717) is 69.6 Å². The number of hydroxylamine groups is 3. The molecule has 9 heteroatoms. The average Bonchev–Trinajstić information content (AvgIpc) is 3.39. The maximum Gasteiger partial charge on any atom is 0.329 e. The van der Waals surface area contributed by atoms with Gasteiger partial charge in [-0.25, -0.2) is 4.79 Å². The number of aliphatic carboxylic acids is 1. The Hall–Kier alpha value is -1.91. The molecule has 2 heterocycles. The lowest BCUT2D eigenvalue weighted by atomic mass is 9.60. The summed E-state index contributed by atoms with van der Waals surface area (Å²) >= 11 is 0. The molecule has 2 saturated carbocycles. The van der Waals surface area contributed by atoms with E-state index in [0.717, 1.165) is 36.8 Å². The summed E-state index contributed by atoms with van der Waals surface area (Å²) in [5, 5.41) is 24.3. The number of nitrogens with zero attached hydrogens (tertiary/aromatic N) is 1. The normalized spacial score (nSPS) is 32.6. The maximum absolute atomic E-state index is 14.7. The Bertz CT molecular complexity index is 1040. The second-order valence-corrected chi connectivity index (χ2v) is 11.4. The summed E-state index contributed by atoms with van der Waals surface area (Å²) in [7, 11) is 0. The summed E-state index contributed by atoms with van der Waals surface area (Å²) in [6.07, 6.45) is 5.04. The molecule has 1 N–H and O–H groups in total. The van der Waals surface area contributed by atoms with Gasteiger partial charge in [0, 0.05) is 24.3 Å². The van der Waals surface area contributed by atoms with Gasteiger partial charge < -0.3 is 38.6 Å². The smallest absolute Gasteiger partial charge is 0.329 e. The molecule has 0 amide bonds. The molecule has 9 nitrogen and oxygen atoms in total. The number of ether oxygens (including phenoxy) is 5. The van der Waals surface area contributed by atoms with Crippen LogP contribution in [0.5, 0.6) is 11.5 Å². The van der Waals surface area contributed by atoms with Crippen molar-refractivity contribution in [3.8, 4) is 11.5 Å². The molecule has 1 aromatic carbocycles. The van der Waals surface area contributed by atoms with Gasteiger partial charge in [-0.1, -0.05) is 19.4 Å². The summed E-state index contributed by atoms with van der Waals surface area (Å²) in [5.41, 5.74) is 1.03. The van der Waals surface area contributed by atoms with Crippen LogP contribution in [0.15, 0.2) is 12.1 Å². The number of quaternary nitrogens is 1. The topological polar surface area (TPSA) is 107 Å². The van der Waals surface area contributed by atoms with E-state index in [-0.39, 0.29) is 10.6 Å². The fourth-order valence-corrected chi connectivity index (χ4v) is 7.33. The van der Waals surface area contributed by atoms with Crippen LogP contribution < -0.4 is 9.47 Å². The summed E-state index contributed by atoms with van der Waals surface area (Å²) in [6.45, 7) is 6.09. The summed E-state index contributed by atoms with van der Waals surface area (Å²) < 4.78 is 31.4. The average molecular weight is 518 g/mol. The highest BCUT2D eigenvalue weighted by atomic mass is 16.8. The van der Waals surface area contributed by atoms with Gasteiger partial charge in [0.2, 0.25) is 5.79 Å². The maximum atomic E-state index is 14.7. The highest BCUT2D eigenvalue weighted by molar-refractivity contribution is 5.68. The fourth-order valence-electron chi connectivity index (χ4n) is 7.33. The van der Waals surface area contributed by atoms with Crippen LogP contribution in [0.1, 0.15) is 69.4 Å². The Kier molecular flexibility index (Phi) is 6.43. The summed E-state index contributed by atoms with van der Waals surface area (Å²) in [6, 6.07) is 3.57. The van der Waals surface area contributed by atoms with Crippen molar-refractivity contribution in [2.24, 2.45) is 5.92 Å². The SMILES string of the molecule is CCCCOc1ccc2c3c1O[C@@H]1C3[C@@](OCC(=O)O)(CCC13OCCO3)[C@H]([N+]([O-])(CC)CC1CC1)C2. The molecule has 0 radical (unpaired) electrons. The van der Waals surface area contributed by atoms with Crippen molar-refractivity contribution in [2.45, 2.75) is 88.2 Å². The zero-order valence-electron chi connectivity index (χ0n) is 21.9. The van der Waals surface area contributed by atoms with Gasteiger partial charge in [0.25, 0.3) is 0 Å². The molecule has 204 valence electrons. The van der Waals surface area contributed by atoms with Gasteiger partial charge in [-0.05, 0) is 44.2 Å². The quantitative estimate of drug-likeness (QED) is 0.269. The minimum Gasteiger partial charge on any atom is -0.633 e. The second-order valence-electron chi connectivity index (χ2n) is 11.4. The van der Waals surface area contributed by atoms with Crippen LogP contribution in [0, 0.1) is 11.1 Å². The minimum absolute atomic E-state index is 0.380. The molecule has 0 aromatic heterocycles. The van der Waals surface area contributed by atoms with Gasteiger partial charge in [0.1, 0.15) is 18.2 Å². The highest BCUT2D eigenvalue weighted by Gasteiger charge is 2.71. The molecule has 3 fully saturated rings. The molecule has 37 heavy (non-hydrogen) atoms. The van der Waals surface area contributed by atoms with Crippen LogP contribution in [0.25, 0.3) is 0 Å². The van der Waals surface area contributed by atoms with Crippen LogP contribution in [0.3, 0.4) is 0 Å². The fraction of sp³-hybridized carbons (Fsp3) is 0.750. The summed E-state index contributed by atoms with van der Waals surface area (Å²) in [5.74, 6) is -0.588. The molecule has 2 aliphatic heterocycles. The summed E-state index contributed by atoms with van der Waals surface area (Å²) in [4.78, 5) is 11.8. The zero-order valence-corrected chi connectivity index (χ0v) is 21.9. The van der Waals surface area contributed by atoms with Gasteiger partial charge in [0.15, 0.2) is 17.6 Å². The number of hydrogen-bond donors (Lipinski definition) is 1. The van der Waals surface area contributed by atoms with Crippen molar-refractivity contribution in [3.63, 3.8) is 0 Å². The Balaban J connectivity index is 1.49. The third-order valence-electron chi connectivity index (χ3n) is 9.27. The van der Waals surface area contributed by atoms with E-state index >= 15 is 0 Å². The molecule has 5 atom stereocenters. The first-order valence-electron chi connectivity index (χ1n) is 14.0. The van der Waals surface area contributed by atoms with Gasteiger partial charge in [0.05, 0.1) is 38.8 Å². The van der Waals surface area contributed by atoms with E-state index in [2.05, 4.69) is 13.0 Å². The lowest BCUT2D eigenvalue weighted by Crippen LogP contribution is -2.72. The number of carboxylic acid groups (broad SMARTS) is 1. The predicted octanol–water partition coefficient (Wildman–Crippen LogP) is 3.76. The van der Waals surface area contributed by atoms with Crippen LogP contribution in [0.4, 0.5) is 0 Å². The number of likely N-dealkylation sites (N-methyl/N-ethyl adjacent to an activating group) is 1. The Labute approximate surface area is 218 Å². The van der Waals surface area contributed by atoms with E-state index < -0.39 is 36.1 Å². The minimum atomic E-state index is -1.04. The predicted molar refractivity (Wildman–Crippen MR) is 133 cm³/mol. The number of unbranched alkanes of at least 4 members (excludes halogenated alkanes) is 1. The van der Waals surface area contributed by atoms with Crippen molar-refractivity contribution < 1.29 is 38.2 Å². The lowest BCUT2D eigenvalue weighted by molar-refractivity contribution is -0.914. The van der Waals surface area contributed by atoms with E-state index in [1.54, 1.807) is 0 Å². The Morgan fingerprint density at radius 3 is 2.68 bits per heavy atom. The molecule has 5 aliphatic rings. The molecule has 1 saturated heterocycles. The van der Waals surface area contributed by atoms with Crippen molar-refractivity contribution in [1.29, 1.82) is 0 Å². The molecule has 3 aliphatic carbocycles. The zero-order chi connectivity index (χ0) is 25.8. The number of fused-ring (bicyclic) bond motifs is 1. The molecular weight excluding hydrogens is 478 g/mol.